The molecule has 0 saturated heterocycles. The number of nitrogens with one attached hydrogen (secondary N) is 2. The third kappa shape index (κ3) is 3.87. The van der Waals surface area contributed by atoms with Crippen LogP contribution in [0.4, 0.5) is 5.69 Å². The molecule has 0 spiro atoms. The molecule has 0 atom stereocenters. The minimum Gasteiger partial charge on any atom is -0.361 e. The minimum atomic E-state index is -3.89. The molecule has 0 amide bonds. The van der Waals surface area contributed by atoms with Gasteiger partial charge in [-0.3, -0.25) is 9.71 Å². The molecule has 4 aromatic rings. The van der Waals surface area contributed by atoms with Crippen molar-refractivity contribution in [3.63, 3.8) is 0 Å². The molecule has 2 N–H and O–H groups in total. The molecule has 0 fully saturated rings. The SMILES string of the molecule is CS(=O)(=O)Nc1cc(-c2cccc3[nH]ccc23)cc(S(=O)(=O)c2cccnc2)c1. The summed E-state index contributed by atoms with van der Waals surface area (Å²) in [5.74, 6) is 0. The number of anilines is 1. The molecule has 0 saturated carbocycles. The Balaban J connectivity index is 1.96. The van der Waals surface area contributed by atoms with Crippen LogP contribution >= 0.6 is 0 Å². The molecule has 0 aliphatic heterocycles. The van der Waals surface area contributed by atoms with E-state index in [2.05, 4.69) is 14.7 Å². The van der Waals surface area contributed by atoms with Gasteiger partial charge in [-0.15, -0.1) is 0 Å². The summed E-state index contributed by atoms with van der Waals surface area (Å²) in [6.45, 7) is 0. The number of pyridine rings is 1. The molecule has 2 aromatic heterocycles. The predicted molar refractivity (Wildman–Crippen MR) is 112 cm³/mol. The fourth-order valence-corrected chi connectivity index (χ4v) is 5.00. The van der Waals surface area contributed by atoms with E-state index in [1.165, 1.54) is 36.7 Å². The van der Waals surface area contributed by atoms with Crippen LogP contribution in [0.5, 0.6) is 0 Å². The topological polar surface area (TPSA) is 109 Å². The van der Waals surface area contributed by atoms with Gasteiger partial charge in [0.15, 0.2) is 0 Å². The Morgan fingerprint density at radius 2 is 1.76 bits per heavy atom. The lowest BCUT2D eigenvalue weighted by atomic mass is 10.0. The molecular formula is C20H17N3O4S2. The highest BCUT2D eigenvalue weighted by Gasteiger charge is 2.21. The lowest BCUT2D eigenvalue weighted by molar-refractivity contribution is 0.595. The number of sulfone groups is 1. The van der Waals surface area contributed by atoms with Crippen LogP contribution in [0.25, 0.3) is 22.0 Å². The number of H-pyrrole nitrogens is 1. The Labute approximate surface area is 168 Å². The highest BCUT2D eigenvalue weighted by atomic mass is 32.2. The highest BCUT2D eigenvalue weighted by Crippen LogP contribution is 2.34. The van der Waals surface area contributed by atoms with E-state index in [9.17, 15) is 16.8 Å². The second kappa shape index (κ2) is 7.02. The first-order valence-corrected chi connectivity index (χ1v) is 12.0. The average molecular weight is 428 g/mol. The van der Waals surface area contributed by atoms with E-state index in [1.54, 1.807) is 12.3 Å². The molecule has 29 heavy (non-hydrogen) atoms. The maximum Gasteiger partial charge on any atom is 0.229 e. The number of hydrogen-bond acceptors (Lipinski definition) is 5. The maximum absolute atomic E-state index is 13.1. The summed E-state index contributed by atoms with van der Waals surface area (Å²) in [4.78, 5) is 7.00. The van der Waals surface area contributed by atoms with Crippen molar-refractivity contribution in [1.82, 2.24) is 9.97 Å². The van der Waals surface area contributed by atoms with E-state index in [0.29, 0.717) is 5.56 Å². The number of aromatic amines is 1. The number of rotatable bonds is 5. The summed E-state index contributed by atoms with van der Waals surface area (Å²) in [5.41, 5.74) is 2.41. The third-order valence-corrected chi connectivity index (χ3v) is 6.70. The van der Waals surface area contributed by atoms with Crippen LogP contribution < -0.4 is 4.72 Å². The zero-order chi connectivity index (χ0) is 20.6. The quantitative estimate of drug-likeness (QED) is 0.507. The molecule has 0 unspecified atom stereocenters. The van der Waals surface area contributed by atoms with Crippen molar-refractivity contribution in [3.8, 4) is 11.1 Å². The number of fused-ring (bicyclic) bond motifs is 1. The lowest BCUT2D eigenvalue weighted by Crippen LogP contribution is -2.11. The van der Waals surface area contributed by atoms with Gasteiger partial charge in [-0.2, -0.15) is 0 Å². The van der Waals surface area contributed by atoms with Gasteiger partial charge in [0.2, 0.25) is 19.9 Å². The van der Waals surface area contributed by atoms with Gasteiger partial charge in [0, 0.05) is 29.5 Å². The molecule has 148 valence electrons. The Morgan fingerprint density at radius 1 is 0.931 bits per heavy atom. The number of sulfonamides is 1. The monoisotopic (exact) mass is 427 g/mol. The Hall–Kier alpha value is -3.17. The van der Waals surface area contributed by atoms with Crippen LogP contribution in [0, 0.1) is 0 Å². The van der Waals surface area contributed by atoms with Gasteiger partial charge in [0.05, 0.1) is 21.7 Å². The van der Waals surface area contributed by atoms with Crippen molar-refractivity contribution in [1.29, 1.82) is 0 Å². The van der Waals surface area contributed by atoms with Gasteiger partial charge >= 0.3 is 0 Å². The van der Waals surface area contributed by atoms with E-state index in [0.717, 1.165) is 22.7 Å². The normalized spacial score (nSPS) is 12.2. The van der Waals surface area contributed by atoms with Crippen molar-refractivity contribution in [3.05, 3.63) is 73.2 Å². The van der Waals surface area contributed by atoms with Crippen LogP contribution in [0.1, 0.15) is 0 Å². The predicted octanol–water partition coefficient (Wildman–Crippen LogP) is 3.43. The Morgan fingerprint density at radius 3 is 2.48 bits per heavy atom. The van der Waals surface area contributed by atoms with Gasteiger partial charge in [0.1, 0.15) is 0 Å². The molecule has 0 aliphatic carbocycles. The summed E-state index contributed by atoms with van der Waals surface area (Å²) < 4.78 is 52.2. The zero-order valence-corrected chi connectivity index (χ0v) is 17.0. The summed E-state index contributed by atoms with van der Waals surface area (Å²) in [7, 11) is -7.49. The van der Waals surface area contributed by atoms with Crippen molar-refractivity contribution in [2.45, 2.75) is 9.79 Å². The summed E-state index contributed by atoms with van der Waals surface area (Å²) >= 11 is 0. The van der Waals surface area contributed by atoms with Gasteiger partial charge in [-0.25, -0.2) is 16.8 Å². The lowest BCUT2D eigenvalue weighted by Gasteiger charge is -2.12. The van der Waals surface area contributed by atoms with Crippen molar-refractivity contribution in [2.75, 3.05) is 11.0 Å². The standard InChI is InChI=1S/C20H17N3O4S2/c1-28(24,25)23-15-10-14(18-5-2-6-20-19(18)7-9-22-20)11-17(12-15)29(26,27)16-4-3-8-21-13-16/h2-13,22-23H,1H3. The average Bonchev–Trinajstić information content (AvgIpc) is 3.16. The van der Waals surface area contributed by atoms with E-state index >= 15 is 0 Å². The van der Waals surface area contributed by atoms with E-state index in [1.807, 2.05) is 24.3 Å². The molecule has 7 nitrogen and oxygen atoms in total. The fraction of sp³-hybridized carbons (Fsp3) is 0.0500. The second-order valence-electron chi connectivity index (χ2n) is 6.56. The van der Waals surface area contributed by atoms with Crippen LogP contribution in [0.2, 0.25) is 0 Å². The van der Waals surface area contributed by atoms with Gasteiger partial charge in [0.25, 0.3) is 0 Å². The van der Waals surface area contributed by atoms with Crippen molar-refractivity contribution >= 4 is 36.5 Å². The number of benzene rings is 2. The summed E-state index contributed by atoms with van der Waals surface area (Å²) in [6.07, 6.45) is 5.55. The number of hydrogen-bond donors (Lipinski definition) is 2. The van der Waals surface area contributed by atoms with E-state index in [-0.39, 0.29) is 15.5 Å². The number of aromatic nitrogens is 2. The molecule has 0 radical (unpaired) electrons. The fourth-order valence-electron chi connectivity index (χ4n) is 3.16. The van der Waals surface area contributed by atoms with Crippen LogP contribution in [-0.2, 0) is 19.9 Å². The van der Waals surface area contributed by atoms with Crippen LogP contribution in [0.3, 0.4) is 0 Å². The first-order valence-electron chi connectivity index (χ1n) is 8.58. The minimum absolute atomic E-state index is 0.0262. The van der Waals surface area contributed by atoms with Crippen LogP contribution in [0.15, 0.2) is 83.0 Å². The van der Waals surface area contributed by atoms with Crippen molar-refractivity contribution < 1.29 is 16.8 Å². The van der Waals surface area contributed by atoms with E-state index in [4.69, 9.17) is 0 Å². The molecule has 0 aliphatic rings. The van der Waals surface area contributed by atoms with Gasteiger partial charge in [-0.1, -0.05) is 12.1 Å². The first kappa shape index (κ1) is 19.2. The second-order valence-corrected chi connectivity index (χ2v) is 10.3. The van der Waals surface area contributed by atoms with Gasteiger partial charge in [-0.05, 0) is 53.6 Å². The molecule has 2 aromatic carbocycles. The smallest absolute Gasteiger partial charge is 0.229 e. The summed E-state index contributed by atoms with van der Waals surface area (Å²) in [5, 5.41) is 0.897. The van der Waals surface area contributed by atoms with Gasteiger partial charge < -0.3 is 4.98 Å². The van der Waals surface area contributed by atoms with E-state index < -0.39 is 19.9 Å². The maximum atomic E-state index is 13.1. The molecule has 4 rings (SSSR count). The zero-order valence-electron chi connectivity index (χ0n) is 15.3. The third-order valence-electron chi connectivity index (χ3n) is 4.37. The van der Waals surface area contributed by atoms with Crippen molar-refractivity contribution in [2.24, 2.45) is 0 Å². The Bertz CT molecular complexity index is 1410. The number of nitrogens with zero attached hydrogens (tertiary/aromatic N) is 1. The first-order chi connectivity index (χ1) is 13.7. The highest BCUT2D eigenvalue weighted by molar-refractivity contribution is 7.92. The molecule has 9 heteroatoms. The molecule has 2 heterocycles. The molecule has 0 bridgehead atoms. The largest absolute Gasteiger partial charge is 0.361 e. The summed E-state index contributed by atoms with van der Waals surface area (Å²) in [6, 6.07) is 14.9. The Kier molecular flexibility index (Phi) is 4.64. The molecular weight excluding hydrogens is 410 g/mol. The van der Waals surface area contributed by atoms with Crippen LogP contribution in [-0.4, -0.2) is 33.1 Å².